The van der Waals surface area contributed by atoms with Crippen molar-refractivity contribution in [3.8, 4) is 0 Å². The molecule has 31 heavy (non-hydrogen) atoms. The Morgan fingerprint density at radius 3 is 2.10 bits per heavy atom. The van der Waals surface area contributed by atoms with E-state index in [0.29, 0.717) is 5.69 Å². The normalized spacial score (nSPS) is 15.1. The summed E-state index contributed by atoms with van der Waals surface area (Å²) in [6.45, 7) is 8.71. The topological polar surface area (TPSA) is 179 Å². The summed E-state index contributed by atoms with van der Waals surface area (Å²) in [7, 11) is 0. The van der Waals surface area contributed by atoms with Crippen LogP contribution in [0.5, 0.6) is 0 Å². The number of carbonyl (C=O) groups excluding carboxylic acids is 3. The summed E-state index contributed by atoms with van der Waals surface area (Å²) in [5.41, 5.74) is 6.48. The molecule has 0 saturated heterocycles. The highest BCUT2D eigenvalue weighted by molar-refractivity contribution is 5.94. The number of hydrogen-bond acceptors (Lipinski definition) is 6. The summed E-state index contributed by atoms with van der Waals surface area (Å²) in [4.78, 5) is 55.7. The Morgan fingerprint density at radius 2 is 1.61 bits per heavy atom. The fraction of sp³-hybridized carbons (Fsp3) is 0.650. The average molecular weight is 439 g/mol. The van der Waals surface area contributed by atoms with Crippen LogP contribution in [-0.2, 0) is 25.6 Å². The number of carbonyl (C=O) groups is 4. The van der Waals surface area contributed by atoms with E-state index in [9.17, 15) is 24.3 Å². The number of carboxylic acids is 1. The maximum absolute atomic E-state index is 12.8. The molecule has 0 bridgehead atoms. The molecule has 0 aliphatic rings. The average Bonchev–Trinajstić information content (AvgIpc) is 3.18. The van der Waals surface area contributed by atoms with Crippen LogP contribution < -0.4 is 21.7 Å². The first-order valence-corrected chi connectivity index (χ1v) is 10.3. The maximum atomic E-state index is 12.8. The smallest absolute Gasteiger partial charge is 0.326 e. The molecule has 1 rings (SSSR count). The minimum Gasteiger partial charge on any atom is -0.480 e. The van der Waals surface area contributed by atoms with E-state index in [0.717, 1.165) is 0 Å². The van der Waals surface area contributed by atoms with Crippen LogP contribution in [0.3, 0.4) is 0 Å². The van der Waals surface area contributed by atoms with Gasteiger partial charge < -0.3 is 31.8 Å². The first-order valence-electron chi connectivity index (χ1n) is 10.3. The molecule has 174 valence electrons. The molecule has 0 spiro atoms. The van der Waals surface area contributed by atoms with E-state index in [-0.39, 0.29) is 24.7 Å². The van der Waals surface area contributed by atoms with Crippen LogP contribution in [-0.4, -0.2) is 62.9 Å². The SMILES string of the molecule is CC(C)CC(NC(=O)C(C)NC(=O)C(Cc1cnc[nH]1)NC(=O)C(N)C(C)C)C(=O)O. The number of aromatic amines is 1. The lowest BCUT2D eigenvalue weighted by Gasteiger charge is -2.24. The van der Waals surface area contributed by atoms with Crippen LogP contribution in [0.4, 0.5) is 0 Å². The number of rotatable bonds is 12. The molecule has 4 unspecified atom stereocenters. The molecule has 0 aliphatic carbocycles. The third-order valence-electron chi connectivity index (χ3n) is 4.71. The van der Waals surface area contributed by atoms with Crippen molar-refractivity contribution in [1.29, 1.82) is 0 Å². The van der Waals surface area contributed by atoms with Gasteiger partial charge in [-0.3, -0.25) is 14.4 Å². The van der Waals surface area contributed by atoms with Crippen molar-refractivity contribution >= 4 is 23.7 Å². The number of H-pyrrole nitrogens is 1. The standard InChI is InChI=1S/C20H34N6O5/c1-10(2)6-15(20(30)31)26-17(27)12(5)24-18(28)14(7-13-8-22-9-23-13)25-19(29)16(21)11(3)4/h8-12,14-16H,6-7,21H2,1-5H3,(H,22,23)(H,24,28)(H,25,29)(H,26,27)(H,30,31). The number of aromatic nitrogens is 2. The molecule has 4 atom stereocenters. The van der Waals surface area contributed by atoms with Gasteiger partial charge in [0.1, 0.15) is 18.1 Å². The number of imidazole rings is 1. The van der Waals surface area contributed by atoms with Crippen LogP contribution in [0.15, 0.2) is 12.5 Å². The summed E-state index contributed by atoms with van der Waals surface area (Å²) in [5.74, 6) is -2.94. The summed E-state index contributed by atoms with van der Waals surface area (Å²) in [6.07, 6.45) is 3.34. The Kier molecular flexibility index (Phi) is 10.1. The highest BCUT2D eigenvalue weighted by Gasteiger charge is 2.29. The van der Waals surface area contributed by atoms with E-state index < -0.39 is 47.9 Å². The van der Waals surface area contributed by atoms with Crippen molar-refractivity contribution in [2.24, 2.45) is 17.6 Å². The second kappa shape index (κ2) is 12.0. The van der Waals surface area contributed by atoms with E-state index in [1.54, 1.807) is 13.8 Å². The monoisotopic (exact) mass is 438 g/mol. The van der Waals surface area contributed by atoms with Crippen molar-refractivity contribution in [2.45, 2.75) is 71.6 Å². The third kappa shape index (κ3) is 8.75. The van der Waals surface area contributed by atoms with Gasteiger partial charge in [0.25, 0.3) is 0 Å². The Balaban J connectivity index is 2.84. The first-order chi connectivity index (χ1) is 14.4. The number of carboxylic acid groups (broad SMARTS) is 1. The van der Waals surface area contributed by atoms with Gasteiger partial charge in [0, 0.05) is 18.3 Å². The largest absolute Gasteiger partial charge is 0.480 e. The molecule has 7 N–H and O–H groups in total. The molecule has 1 heterocycles. The van der Waals surface area contributed by atoms with Gasteiger partial charge in [-0.2, -0.15) is 0 Å². The molecule has 3 amide bonds. The van der Waals surface area contributed by atoms with Crippen LogP contribution in [0.1, 0.15) is 46.7 Å². The molecule has 0 aromatic carbocycles. The molecule has 1 aromatic heterocycles. The number of nitrogens with one attached hydrogen (secondary N) is 4. The lowest BCUT2D eigenvalue weighted by Crippen LogP contribution is -2.57. The third-order valence-corrected chi connectivity index (χ3v) is 4.71. The van der Waals surface area contributed by atoms with Gasteiger partial charge in [0.05, 0.1) is 12.4 Å². The van der Waals surface area contributed by atoms with Crippen molar-refractivity contribution in [1.82, 2.24) is 25.9 Å². The van der Waals surface area contributed by atoms with E-state index in [2.05, 4.69) is 25.9 Å². The molecule has 0 radical (unpaired) electrons. The van der Waals surface area contributed by atoms with Gasteiger partial charge in [-0.1, -0.05) is 27.7 Å². The van der Waals surface area contributed by atoms with Gasteiger partial charge in [0.2, 0.25) is 17.7 Å². The quantitative estimate of drug-likeness (QED) is 0.255. The minimum atomic E-state index is -1.15. The van der Waals surface area contributed by atoms with Crippen molar-refractivity contribution in [3.63, 3.8) is 0 Å². The Bertz CT molecular complexity index is 749. The predicted molar refractivity (Wildman–Crippen MR) is 114 cm³/mol. The van der Waals surface area contributed by atoms with Crippen molar-refractivity contribution in [3.05, 3.63) is 18.2 Å². The highest BCUT2D eigenvalue weighted by atomic mass is 16.4. The second-order valence-electron chi connectivity index (χ2n) is 8.37. The van der Waals surface area contributed by atoms with Crippen LogP contribution in [0.2, 0.25) is 0 Å². The molecule has 11 nitrogen and oxygen atoms in total. The molecule has 0 saturated carbocycles. The number of amides is 3. The Labute approximate surface area is 181 Å². The Hall–Kier alpha value is -2.95. The molecule has 0 aliphatic heterocycles. The minimum absolute atomic E-state index is 0.0606. The maximum Gasteiger partial charge on any atom is 0.326 e. The summed E-state index contributed by atoms with van der Waals surface area (Å²) in [6, 6.07) is -3.87. The predicted octanol–water partition coefficient (Wildman–Crippen LogP) is -0.459. The zero-order chi connectivity index (χ0) is 23.7. The lowest BCUT2D eigenvalue weighted by atomic mass is 10.0. The zero-order valence-corrected chi connectivity index (χ0v) is 18.6. The molecule has 0 fully saturated rings. The van der Waals surface area contributed by atoms with E-state index >= 15 is 0 Å². The fourth-order valence-electron chi connectivity index (χ4n) is 2.77. The number of nitrogens with two attached hydrogens (primary N) is 1. The molecular weight excluding hydrogens is 404 g/mol. The van der Waals surface area contributed by atoms with Gasteiger partial charge in [-0.15, -0.1) is 0 Å². The van der Waals surface area contributed by atoms with E-state index in [4.69, 9.17) is 5.73 Å². The molecule has 1 aromatic rings. The van der Waals surface area contributed by atoms with E-state index in [1.807, 2.05) is 13.8 Å². The molecular formula is C20H34N6O5. The molecule has 11 heteroatoms. The van der Waals surface area contributed by atoms with Crippen LogP contribution in [0.25, 0.3) is 0 Å². The first kappa shape index (κ1) is 26.1. The van der Waals surface area contributed by atoms with Gasteiger partial charge in [-0.25, -0.2) is 9.78 Å². The van der Waals surface area contributed by atoms with Gasteiger partial charge in [0.15, 0.2) is 0 Å². The van der Waals surface area contributed by atoms with Crippen LogP contribution in [0, 0.1) is 11.8 Å². The number of nitrogens with zero attached hydrogens (tertiary/aromatic N) is 1. The van der Waals surface area contributed by atoms with Gasteiger partial charge in [-0.05, 0) is 25.2 Å². The number of aliphatic carboxylic acids is 1. The van der Waals surface area contributed by atoms with Crippen molar-refractivity contribution < 1.29 is 24.3 Å². The number of hydrogen-bond donors (Lipinski definition) is 6. The van der Waals surface area contributed by atoms with Gasteiger partial charge >= 0.3 is 5.97 Å². The van der Waals surface area contributed by atoms with Crippen LogP contribution >= 0.6 is 0 Å². The lowest BCUT2D eigenvalue weighted by molar-refractivity contribution is -0.142. The zero-order valence-electron chi connectivity index (χ0n) is 18.6. The summed E-state index contributed by atoms with van der Waals surface area (Å²) >= 11 is 0. The van der Waals surface area contributed by atoms with E-state index in [1.165, 1.54) is 19.4 Å². The fourth-order valence-corrected chi connectivity index (χ4v) is 2.77. The van der Waals surface area contributed by atoms with Crippen molar-refractivity contribution in [2.75, 3.05) is 0 Å². The summed E-state index contributed by atoms with van der Waals surface area (Å²) < 4.78 is 0. The second-order valence-corrected chi connectivity index (χ2v) is 8.37. The summed E-state index contributed by atoms with van der Waals surface area (Å²) in [5, 5.41) is 16.9. The highest BCUT2D eigenvalue weighted by Crippen LogP contribution is 2.06. The Morgan fingerprint density at radius 1 is 1.00 bits per heavy atom.